The van der Waals surface area contributed by atoms with E-state index in [9.17, 15) is 13.2 Å². The van der Waals surface area contributed by atoms with Crippen LogP contribution in [0.25, 0.3) is 0 Å². The lowest BCUT2D eigenvalue weighted by molar-refractivity contribution is -0.0212. The van der Waals surface area contributed by atoms with Crippen molar-refractivity contribution in [2.24, 2.45) is 0 Å². The number of nitrogens with zero attached hydrogens (tertiary/aromatic N) is 1. The van der Waals surface area contributed by atoms with Crippen LogP contribution in [0.2, 0.25) is 0 Å². The van der Waals surface area contributed by atoms with Gasteiger partial charge >= 0.3 is 0 Å². The first-order valence-corrected chi connectivity index (χ1v) is 13.1. The van der Waals surface area contributed by atoms with Crippen LogP contribution in [-0.4, -0.2) is 45.0 Å². The highest BCUT2D eigenvalue weighted by atomic mass is 32.2. The molecule has 1 amide bonds. The smallest absolute Gasteiger partial charge is 0.251 e. The number of sulfonamides is 1. The van der Waals surface area contributed by atoms with E-state index < -0.39 is 10.0 Å². The second kappa shape index (κ2) is 11.2. The fraction of sp³-hybridized carbons (Fsp3) is 0.346. The molecule has 1 saturated heterocycles. The fourth-order valence-corrected chi connectivity index (χ4v) is 5.10. The summed E-state index contributed by atoms with van der Waals surface area (Å²) in [5.41, 5.74) is 3.18. The number of carbonyl (C=O) groups is 1. The maximum atomic E-state index is 12.9. The first kappa shape index (κ1) is 25.1. The Balaban J connectivity index is 1.39. The quantitative estimate of drug-likeness (QED) is 0.471. The molecule has 1 fully saturated rings. The van der Waals surface area contributed by atoms with E-state index in [0.717, 1.165) is 31.8 Å². The van der Waals surface area contributed by atoms with Crippen LogP contribution in [0.15, 0.2) is 70.2 Å². The molecule has 2 N–H and O–H groups in total. The van der Waals surface area contributed by atoms with Crippen molar-refractivity contribution in [3.8, 4) is 0 Å². The average Bonchev–Trinajstić information content (AvgIpc) is 3.36. The zero-order valence-electron chi connectivity index (χ0n) is 20.0. The first-order valence-electron chi connectivity index (χ1n) is 11.6. The number of rotatable bonds is 9. The van der Waals surface area contributed by atoms with Crippen LogP contribution in [0.1, 0.15) is 39.7 Å². The van der Waals surface area contributed by atoms with Gasteiger partial charge in [-0.05, 0) is 54.8 Å². The molecule has 1 atom stereocenters. The summed E-state index contributed by atoms with van der Waals surface area (Å²) in [5.74, 6) is 0.182. The second-order valence-electron chi connectivity index (χ2n) is 8.80. The minimum atomic E-state index is -3.80. The molecule has 2 aromatic carbocycles. The molecule has 9 heteroatoms. The fourth-order valence-electron chi connectivity index (χ4n) is 4.08. The van der Waals surface area contributed by atoms with Gasteiger partial charge in [-0.1, -0.05) is 30.3 Å². The molecule has 0 radical (unpaired) electrons. The number of ether oxygens (including phenoxy) is 1. The maximum Gasteiger partial charge on any atom is 0.251 e. The molecule has 1 unspecified atom stereocenters. The molecule has 1 aliphatic rings. The van der Waals surface area contributed by atoms with E-state index in [0.29, 0.717) is 23.4 Å². The number of amides is 1. The number of morpholine rings is 1. The Hall–Kier alpha value is -2.98. The SMILES string of the molecule is Cc1ccc(S(=O)(=O)NCc2ccco2)cc1C(=O)NCc1cccc(CN2CCOC(C)C2)c1. The molecule has 0 aliphatic carbocycles. The summed E-state index contributed by atoms with van der Waals surface area (Å²) in [6.07, 6.45) is 1.71. The van der Waals surface area contributed by atoms with E-state index in [1.807, 2.05) is 12.1 Å². The van der Waals surface area contributed by atoms with Gasteiger partial charge in [0.1, 0.15) is 5.76 Å². The predicted molar refractivity (Wildman–Crippen MR) is 132 cm³/mol. The molecule has 186 valence electrons. The lowest BCUT2D eigenvalue weighted by atomic mass is 10.1. The van der Waals surface area contributed by atoms with Gasteiger partial charge in [-0.3, -0.25) is 9.69 Å². The van der Waals surface area contributed by atoms with Crippen LogP contribution in [0.4, 0.5) is 0 Å². The predicted octanol–water partition coefficient (Wildman–Crippen LogP) is 3.22. The Kier molecular flexibility index (Phi) is 8.02. The molecule has 35 heavy (non-hydrogen) atoms. The highest BCUT2D eigenvalue weighted by molar-refractivity contribution is 7.89. The lowest BCUT2D eigenvalue weighted by Crippen LogP contribution is -2.40. The van der Waals surface area contributed by atoms with Crippen molar-refractivity contribution in [3.05, 3.63) is 88.9 Å². The van der Waals surface area contributed by atoms with E-state index in [-0.39, 0.29) is 23.5 Å². The molecule has 3 aromatic rings. The van der Waals surface area contributed by atoms with Crippen molar-refractivity contribution in [2.75, 3.05) is 19.7 Å². The van der Waals surface area contributed by atoms with Gasteiger partial charge in [0.2, 0.25) is 10.0 Å². The van der Waals surface area contributed by atoms with Crippen molar-refractivity contribution in [3.63, 3.8) is 0 Å². The van der Waals surface area contributed by atoms with E-state index in [2.05, 4.69) is 34.0 Å². The molecule has 2 heterocycles. The molecule has 0 saturated carbocycles. The van der Waals surface area contributed by atoms with E-state index in [1.54, 1.807) is 25.1 Å². The summed E-state index contributed by atoms with van der Waals surface area (Å²) >= 11 is 0. The standard InChI is InChI=1S/C26H31N3O5S/c1-19-8-9-24(35(31,32)28-16-23-7-4-11-34-23)14-25(19)26(30)27-15-21-5-3-6-22(13-21)18-29-10-12-33-20(2)17-29/h3-9,11,13-14,20,28H,10,12,15-18H2,1-2H3,(H,27,30). The van der Waals surface area contributed by atoms with Crippen molar-refractivity contribution in [1.82, 2.24) is 14.9 Å². The Morgan fingerprint density at radius 2 is 1.91 bits per heavy atom. The Morgan fingerprint density at radius 3 is 2.69 bits per heavy atom. The van der Waals surface area contributed by atoms with Crippen molar-refractivity contribution >= 4 is 15.9 Å². The average molecular weight is 498 g/mol. The van der Waals surface area contributed by atoms with Gasteiger partial charge in [0.15, 0.2) is 0 Å². The molecule has 1 aliphatic heterocycles. The first-order chi connectivity index (χ1) is 16.8. The summed E-state index contributed by atoms with van der Waals surface area (Å²) in [5, 5.41) is 2.92. The van der Waals surface area contributed by atoms with Crippen LogP contribution in [0.5, 0.6) is 0 Å². The van der Waals surface area contributed by atoms with Gasteiger partial charge in [-0.25, -0.2) is 13.1 Å². The maximum absolute atomic E-state index is 12.9. The van der Waals surface area contributed by atoms with Gasteiger partial charge in [-0.15, -0.1) is 0 Å². The van der Waals surface area contributed by atoms with Crippen LogP contribution < -0.4 is 10.0 Å². The number of hydrogen-bond acceptors (Lipinski definition) is 6. The number of benzene rings is 2. The van der Waals surface area contributed by atoms with Crippen LogP contribution in [-0.2, 0) is 34.4 Å². The number of aryl methyl sites for hydroxylation is 1. The zero-order valence-corrected chi connectivity index (χ0v) is 20.8. The monoisotopic (exact) mass is 497 g/mol. The second-order valence-corrected chi connectivity index (χ2v) is 10.6. The van der Waals surface area contributed by atoms with Gasteiger partial charge in [-0.2, -0.15) is 0 Å². The molecule has 0 spiro atoms. The highest BCUT2D eigenvalue weighted by Gasteiger charge is 2.19. The van der Waals surface area contributed by atoms with Crippen molar-refractivity contribution in [2.45, 2.75) is 44.5 Å². The number of carbonyl (C=O) groups excluding carboxylic acids is 1. The summed E-state index contributed by atoms with van der Waals surface area (Å²) in [6.45, 7) is 7.61. The third-order valence-corrected chi connectivity index (χ3v) is 7.36. The Morgan fingerprint density at radius 1 is 1.09 bits per heavy atom. The van der Waals surface area contributed by atoms with Gasteiger partial charge in [0.05, 0.1) is 30.4 Å². The summed E-state index contributed by atoms with van der Waals surface area (Å²) < 4.78 is 38.7. The van der Waals surface area contributed by atoms with Gasteiger partial charge < -0.3 is 14.5 Å². The molecule has 4 rings (SSSR count). The van der Waals surface area contributed by atoms with Crippen molar-refractivity contribution in [1.29, 1.82) is 0 Å². The van der Waals surface area contributed by atoms with Crippen LogP contribution in [0, 0.1) is 6.92 Å². The molecule has 1 aromatic heterocycles. The van der Waals surface area contributed by atoms with Crippen molar-refractivity contribution < 1.29 is 22.4 Å². The summed E-state index contributed by atoms with van der Waals surface area (Å²) in [6, 6.07) is 16.1. The van der Waals surface area contributed by atoms with E-state index in [1.165, 1.54) is 24.0 Å². The number of furan rings is 1. The lowest BCUT2D eigenvalue weighted by Gasteiger charge is -2.31. The van der Waals surface area contributed by atoms with Gasteiger partial charge in [0.25, 0.3) is 5.91 Å². The largest absolute Gasteiger partial charge is 0.468 e. The van der Waals surface area contributed by atoms with E-state index >= 15 is 0 Å². The minimum absolute atomic E-state index is 0.0292. The summed E-state index contributed by atoms with van der Waals surface area (Å²) in [7, 11) is -3.80. The third kappa shape index (κ3) is 6.79. The van der Waals surface area contributed by atoms with E-state index in [4.69, 9.17) is 9.15 Å². The topological polar surface area (TPSA) is 101 Å². The molecular formula is C26H31N3O5S. The Labute approximate surface area is 206 Å². The zero-order chi connectivity index (χ0) is 24.8. The third-order valence-electron chi connectivity index (χ3n) is 5.96. The van der Waals surface area contributed by atoms with Crippen LogP contribution >= 0.6 is 0 Å². The molecule has 0 bridgehead atoms. The number of nitrogens with one attached hydrogen (secondary N) is 2. The molecule has 8 nitrogen and oxygen atoms in total. The number of hydrogen-bond donors (Lipinski definition) is 2. The normalized spacial score (nSPS) is 16.8. The van der Waals surface area contributed by atoms with Gasteiger partial charge in [0, 0.05) is 31.7 Å². The minimum Gasteiger partial charge on any atom is -0.468 e. The summed E-state index contributed by atoms with van der Waals surface area (Å²) in [4.78, 5) is 15.3. The Bertz CT molecular complexity index is 1260. The highest BCUT2D eigenvalue weighted by Crippen LogP contribution is 2.17. The molecular weight excluding hydrogens is 466 g/mol. The van der Waals surface area contributed by atoms with Crippen LogP contribution in [0.3, 0.4) is 0 Å².